The molecule has 2 N–H and O–H groups in total. The van der Waals surface area contributed by atoms with E-state index in [-0.39, 0.29) is 0 Å². The van der Waals surface area contributed by atoms with Gasteiger partial charge in [-0.05, 0) is 23.6 Å². The molecule has 0 unspecified atom stereocenters. The first-order chi connectivity index (χ1) is 7.75. The summed E-state index contributed by atoms with van der Waals surface area (Å²) in [6, 6.07) is 8.84. The summed E-state index contributed by atoms with van der Waals surface area (Å²) in [5.41, 5.74) is 2.12. The Morgan fingerprint density at radius 2 is 2.12 bits per heavy atom. The van der Waals surface area contributed by atoms with Gasteiger partial charge in [-0.2, -0.15) is 0 Å². The molecule has 1 aromatic heterocycles. The molecule has 2 aromatic carbocycles. The lowest BCUT2D eigenvalue weighted by Gasteiger charge is -2.00. The van der Waals surface area contributed by atoms with Gasteiger partial charge in [0.05, 0.1) is 22.9 Å². The SMILES string of the molecule is O=C(O)c1ccc2c(ccc3[nH]cnc32)c1. The van der Waals surface area contributed by atoms with Gasteiger partial charge in [0.15, 0.2) is 0 Å². The number of nitrogens with one attached hydrogen (secondary N) is 1. The molecule has 0 aliphatic carbocycles. The lowest BCUT2D eigenvalue weighted by atomic mass is 10.1. The average Bonchev–Trinajstić information content (AvgIpc) is 2.76. The van der Waals surface area contributed by atoms with Gasteiger partial charge in [0.2, 0.25) is 0 Å². The molecule has 3 rings (SSSR count). The lowest BCUT2D eigenvalue weighted by Crippen LogP contribution is -1.95. The second-order valence-electron chi connectivity index (χ2n) is 3.61. The van der Waals surface area contributed by atoms with Crippen LogP contribution in [0, 0.1) is 0 Å². The third kappa shape index (κ3) is 1.16. The summed E-state index contributed by atoms with van der Waals surface area (Å²) in [6.07, 6.45) is 1.63. The maximum Gasteiger partial charge on any atom is 0.335 e. The smallest absolute Gasteiger partial charge is 0.335 e. The number of hydrogen-bond donors (Lipinski definition) is 2. The number of aromatic carboxylic acids is 1. The molecule has 78 valence electrons. The van der Waals surface area contributed by atoms with E-state index >= 15 is 0 Å². The minimum Gasteiger partial charge on any atom is -0.478 e. The minimum absolute atomic E-state index is 0.294. The summed E-state index contributed by atoms with van der Waals surface area (Å²) in [4.78, 5) is 18.1. The average molecular weight is 212 g/mol. The van der Waals surface area contributed by atoms with Crippen LogP contribution in [0.4, 0.5) is 0 Å². The van der Waals surface area contributed by atoms with E-state index in [1.807, 2.05) is 12.1 Å². The van der Waals surface area contributed by atoms with Crippen LogP contribution < -0.4 is 0 Å². The summed E-state index contributed by atoms with van der Waals surface area (Å²) in [5, 5.41) is 10.7. The fourth-order valence-electron chi connectivity index (χ4n) is 1.87. The van der Waals surface area contributed by atoms with Crippen LogP contribution in [0.1, 0.15) is 10.4 Å². The molecular formula is C12H8N2O2. The first-order valence-corrected chi connectivity index (χ1v) is 4.85. The second-order valence-corrected chi connectivity index (χ2v) is 3.61. The molecular weight excluding hydrogens is 204 g/mol. The highest BCUT2D eigenvalue weighted by molar-refractivity contribution is 6.06. The van der Waals surface area contributed by atoms with Gasteiger partial charge in [-0.25, -0.2) is 9.78 Å². The summed E-state index contributed by atoms with van der Waals surface area (Å²) in [7, 11) is 0. The molecule has 0 fully saturated rings. The van der Waals surface area contributed by atoms with E-state index in [0.717, 1.165) is 21.8 Å². The third-order valence-corrected chi connectivity index (χ3v) is 2.65. The standard InChI is InChI=1S/C12H8N2O2/c15-12(16)8-1-3-9-7(5-8)2-4-10-11(9)14-6-13-10/h1-6H,(H,13,14)(H,15,16). The summed E-state index contributed by atoms with van der Waals surface area (Å²) in [6.45, 7) is 0. The largest absolute Gasteiger partial charge is 0.478 e. The van der Waals surface area contributed by atoms with Crippen molar-refractivity contribution in [3.8, 4) is 0 Å². The van der Waals surface area contributed by atoms with E-state index in [4.69, 9.17) is 5.11 Å². The Morgan fingerprint density at radius 1 is 1.25 bits per heavy atom. The minimum atomic E-state index is -0.913. The van der Waals surface area contributed by atoms with Crippen molar-refractivity contribution in [3.05, 3.63) is 42.2 Å². The van der Waals surface area contributed by atoms with Crippen LogP contribution in [0.15, 0.2) is 36.7 Å². The van der Waals surface area contributed by atoms with E-state index in [2.05, 4.69) is 9.97 Å². The van der Waals surface area contributed by atoms with Crippen molar-refractivity contribution in [2.45, 2.75) is 0 Å². The highest BCUT2D eigenvalue weighted by Gasteiger charge is 2.06. The Morgan fingerprint density at radius 3 is 2.94 bits per heavy atom. The maximum absolute atomic E-state index is 10.8. The molecule has 0 aliphatic rings. The van der Waals surface area contributed by atoms with E-state index in [0.29, 0.717) is 5.56 Å². The summed E-state index contributed by atoms with van der Waals surface area (Å²) in [5.74, 6) is -0.913. The van der Waals surface area contributed by atoms with E-state index < -0.39 is 5.97 Å². The number of benzene rings is 2. The van der Waals surface area contributed by atoms with Crippen LogP contribution in [0.25, 0.3) is 21.8 Å². The Labute approximate surface area is 90.5 Å². The maximum atomic E-state index is 10.8. The van der Waals surface area contributed by atoms with E-state index in [1.165, 1.54) is 0 Å². The van der Waals surface area contributed by atoms with Gasteiger partial charge < -0.3 is 10.1 Å². The van der Waals surface area contributed by atoms with Crippen LogP contribution in [0.3, 0.4) is 0 Å². The molecule has 16 heavy (non-hydrogen) atoms. The van der Waals surface area contributed by atoms with Crippen LogP contribution in [0.5, 0.6) is 0 Å². The van der Waals surface area contributed by atoms with E-state index in [1.54, 1.807) is 24.5 Å². The summed E-state index contributed by atoms with van der Waals surface area (Å²) >= 11 is 0. The van der Waals surface area contributed by atoms with Crippen molar-refractivity contribution < 1.29 is 9.90 Å². The molecule has 0 atom stereocenters. The van der Waals surface area contributed by atoms with Crippen LogP contribution in [-0.4, -0.2) is 21.0 Å². The third-order valence-electron chi connectivity index (χ3n) is 2.65. The molecule has 0 aliphatic heterocycles. The van der Waals surface area contributed by atoms with Crippen LogP contribution in [0.2, 0.25) is 0 Å². The zero-order valence-electron chi connectivity index (χ0n) is 8.27. The number of rotatable bonds is 1. The molecule has 4 nitrogen and oxygen atoms in total. The van der Waals surface area contributed by atoms with Crippen LogP contribution >= 0.6 is 0 Å². The van der Waals surface area contributed by atoms with Crippen molar-refractivity contribution in [3.63, 3.8) is 0 Å². The van der Waals surface area contributed by atoms with Gasteiger partial charge in [-0.1, -0.05) is 12.1 Å². The number of fused-ring (bicyclic) bond motifs is 3. The number of aromatic amines is 1. The van der Waals surface area contributed by atoms with Crippen molar-refractivity contribution in [2.24, 2.45) is 0 Å². The highest BCUT2D eigenvalue weighted by Crippen LogP contribution is 2.23. The number of carboxylic acid groups (broad SMARTS) is 1. The van der Waals surface area contributed by atoms with Gasteiger partial charge in [0, 0.05) is 5.39 Å². The number of imidazole rings is 1. The highest BCUT2D eigenvalue weighted by atomic mass is 16.4. The predicted octanol–water partition coefficient (Wildman–Crippen LogP) is 2.41. The number of carbonyl (C=O) groups is 1. The number of nitrogens with zero attached hydrogens (tertiary/aromatic N) is 1. The van der Waals surface area contributed by atoms with E-state index in [9.17, 15) is 4.79 Å². The Bertz CT molecular complexity index is 700. The number of H-pyrrole nitrogens is 1. The number of hydrogen-bond acceptors (Lipinski definition) is 2. The molecule has 0 spiro atoms. The van der Waals surface area contributed by atoms with Crippen molar-refractivity contribution >= 4 is 27.8 Å². The lowest BCUT2D eigenvalue weighted by molar-refractivity contribution is 0.0697. The first-order valence-electron chi connectivity index (χ1n) is 4.85. The molecule has 0 amide bonds. The quantitative estimate of drug-likeness (QED) is 0.651. The van der Waals surface area contributed by atoms with Crippen molar-refractivity contribution in [2.75, 3.05) is 0 Å². The number of aromatic nitrogens is 2. The normalized spacial score (nSPS) is 11.0. The molecule has 1 heterocycles. The van der Waals surface area contributed by atoms with Crippen molar-refractivity contribution in [1.29, 1.82) is 0 Å². The molecule has 0 radical (unpaired) electrons. The second kappa shape index (κ2) is 3.06. The van der Waals surface area contributed by atoms with Crippen molar-refractivity contribution in [1.82, 2.24) is 9.97 Å². The number of carboxylic acids is 1. The Kier molecular flexibility index (Phi) is 1.71. The summed E-state index contributed by atoms with van der Waals surface area (Å²) < 4.78 is 0. The van der Waals surface area contributed by atoms with Crippen LogP contribution in [-0.2, 0) is 0 Å². The fraction of sp³-hybridized carbons (Fsp3) is 0. The molecule has 0 saturated carbocycles. The monoisotopic (exact) mass is 212 g/mol. The van der Waals surface area contributed by atoms with Gasteiger partial charge in [0.1, 0.15) is 0 Å². The molecule has 3 aromatic rings. The Hall–Kier alpha value is -2.36. The topological polar surface area (TPSA) is 66.0 Å². The zero-order chi connectivity index (χ0) is 11.1. The van der Waals surface area contributed by atoms with Gasteiger partial charge >= 0.3 is 5.97 Å². The first kappa shape index (κ1) is 8.91. The zero-order valence-corrected chi connectivity index (χ0v) is 8.27. The fourth-order valence-corrected chi connectivity index (χ4v) is 1.87. The van der Waals surface area contributed by atoms with Gasteiger partial charge in [0.25, 0.3) is 0 Å². The van der Waals surface area contributed by atoms with Gasteiger partial charge in [-0.15, -0.1) is 0 Å². The Balaban J connectivity index is 2.41. The predicted molar refractivity (Wildman–Crippen MR) is 60.6 cm³/mol. The molecule has 0 bridgehead atoms. The molecule has 4 heteroatoms. The molecule has 0 saturated heterocycles. The van der Waals surface area contributed by atoms with Gasteiger partial charge in [-0.3, -0.25) is 0 Å².